The van der Waals surface area contributed by atoms with E-state index in [1.54, 1.807) is 4.90 Å². The monoisotopic (exact) mass is 339 g/mol. The Morgan fingerprint density at radius 2 is 2.17 bits per heavy atom. The zero-order valence-corrected chi connectivity index (χ0v) is 13.7. The van der Waals surface area contributed by atoms with Crippen LogP contribution in [0.25, 0.3) is 0 Å². The molecule has 1 aromatic rings. The topological polar surface area (TPSA) is 70.7 Å². The van der Waals surface area contributed by atoms with Gasteiger partial charge in [-0.25, -0.2) is 0 Å². The molecule has 0 aromatic heterocycles. The molecule has 2 N–H and O–H groups in total. The quantitative estimate of drug-likeness (QED) is 0.841. The number of nitrogens with one attached hydrogen (secondary N) is 2. The zero-order chi connectivity index (χ0) is 15.4. The van der Waals surface area contributed by atoms with E-state index in [1.165, 1.54) is 5.56 Å². The maximum atomic E-state index is 12.4. The Hall–Kier alpha value is -1.63. The van der Waals surface area contributed by atoms with E-state index in [0.717, 1.165) is 18.5 Å². The van der Waals surface area contributed by atoms with Crippen molar-refractivity contribution in [2.24, 2.45) is 0 Å². The standard InChI is InChI=1S/C16H21N3O3.ClH/c20-15(10-18-16(21)13-11-22-9-7-17-13)19-8-3-5-12-4-1-2-6-14(12)19;/h1-2,4,6,13,17H,3,5,7-11H2,(H,18,21);1H. The summed E-state index contributed by atoms with van der Waals surface area (Å²) in [7, 11) is 0. The van der Waals surface area contributed by atoms with Crippen LogP contribution < -0.4 is 15.5 Å². The van der Waals surface area contributed by atoms with Crippen LogP contribution in [0.1, 0.15) is 12.0 Å². The first-order valence-electron chi connectivity index (χ1n) is 7.73. The highest BCUT2D eigenvalue weighted by Crippen LogP contribution is 2.26. The van der Waals surface area contributed by atoms with Gasteiger partial charge in [0.1, 0.15) is 6.04 Å². The smallest absolute Gasteiger partial charge is 0.246 e. The number of benzene rings is 1. The number of rotatable bonds is 3. The van der Waals surface area contributed by atoms with Crippen molar-refractivity contribution in [2.45, 2.75) is 18.9 Å². The molecule has 2 heterocycles. The Morgan fingerprint density at radius 3 is 2.96 bits per heavy atom. The van der Waals surface area contributed by atoms with E-state index in [1.807, 2.05) is 18.2 Å². The number of morpholine rings is 1. The van der Waals surface area contributed by atoms with E-state index in [4.69, 9.17) is 4.74 Å². The molecular weight excluding hydrogens is 318 g/mol. The van der Waals surface area contributed by atoms with Crippen LogP contribution in [0.2, 0.25) is 0 Å². The molecule has 1 saturated heterocycles. The van der Waals surface area contributed by atoms with Gasteiger partial charge in [0.2, 0.25) is 11.8 Å². The van der Waals surface area contributed by atoms with E-state index >= 15 is 0 Å². The highest BCUT2D eigenvalue weighted by atomic mass is 35.5. The van der Waals surface area contributed by atoms with Crippen LogP contribution in [0.5, 0.6) is 0 Å². The minimum Gasteiger partial charge on any atom is -0.378 e. The zero-order valence-electron chi connectivity index (χ0n) is 12.9. The predicted octanol–water partition coefficient (Wildman–Crippen LogP) is 0.492. The lowest BCUT2D eigenvalue weighted by Crippen LogP contribution is -2.53. The summed E-state index contributed by atoms with van der Waals surface area (Å²) in [6.07, 6.45) is 1.95. The fourth-order valence-electron chi connectivity index (χ4n) is 2.91. The lowest BCUT2D eigenvalue weighted by Gasteiger charge is -2.30. The van der Waals surface area contributed by atoms with Crippen molar-refractivity contribution in [3.63, 3.8) is 0 Å². The fourth-order valence-corrected chi connectivity index (χ4v) is 2.91. The molecule has 126 valence electrons. The summed E-state index contributed by atoms with van der Waals surface area (Å²) >= 11 is 0. The summed E-state index contributed by atoms with van der Waals surface area (Å²) in [6, 6.07) is 7.58. The maximum Gasteiger partial charge on any atom is 0.246 e. The van der Waals surface area contributed by atoms with E-state index in [-0.39, 0.29) is 36.8 Å². The number of nitrogens with zero attached hydrogens (tertiary/aromatic N) is 1. The number of ether oxygens (including phenoxy) is 1. The van der Waals surface area contributed by atoms with Gasteiger partial charge in [0, 0.05) is 18.8 Å². The molecule has 1 atom stereocenters. The van der Waals surface area contributed by atoms with Crippen LogP contribution in [0.15, 0.2) is 24.3 Å². The van der Waals surface area contributed by atoms with Crippen molar-refractivity contribution < 1.29 is 14.3 Å². The van der Waals surface area contributed by atoms with Crippen LogP contribution in [-0.4, -0.2) is 50.7 Å². The second-order valence-electron chi connectivity index (χ2n) is 5.58. The minimum atomic E-state index is -0.366. The average Bonchev–Trinajstić information content (AvgIpc) is 2.59. The van der Waals surface area contributed by atoms with Crippen LogP contribution in [0.3, 0.4) is 0 Å². The first-order valence-corrected chi connectivity index (χ1v) is 7.73. The molecular formula is C16H22ClN3O3. The molecule has 1 aromatic carbocycles. The van der Waals surface area contributed by atoms with Crippen molar-refractivity contribution in [3.8, 4) is 0 Å². The Balaban J connectivity index is 0.00000192. The predicted molar refractivity (Wildman–Crippen MR) is 90.0 cm³/mol. The summed E-state index contributed by atoms with van der Waals surface area (Å²) in [5, 5.41) is 5.78. The van der Waals surface area contributed by atoms with Gasteiger partial charge in [-0.05, 0) is 24.5 Å². The van der Waals surface area contributed by atoms with E-state index < -0.39 is 0 Å². The number of carbonyl (C=O) groups is 2. The third kappa shape index (κ3) is 4.22. The largest absolute Gasteiger partial charge is 0.378 e. The number of hydrogen-bond donors (Lipinski definition) is 2. The lowest BCUT2D eigenvalue weighted by atomic mass is 10.0. The summed E-state index contributed by atoms with van der Waals surface area (Å²) in [4.78, 5) is 26.2. The van der Waals surface area contributed by atoms with Gasteiger partial charge >= 0.3 is 0 Å². The molecule has 0 aliphatic carbocycles. The molecule has 0 radical (unpaired) electrons. The van der Waals surface area contributed by atoms with Crippen LogP contribution in [0.4, 0.5) is 5.69 Å². The van der Waals surface area contributed by atoms with Gasteiger partial charge in [-0.1, -0.05) is 18.2 Å². The van der Waals surface area contributed by atoms with E-state index in [2.05, 4.69) is 16.7 Å². The molecule has 2 aliphatic rings. The minimum absolute atomic E-state index is 0. The Morgan fingerprint density at radius 1 is 1.35 bits per heavy atom. The first-order chi connectivity index (χ1) is 10.8. The van der Waals surface area contributed by atoms with Crippen LogP contribution >= 0.6 is 12.4 Å². The summed E-state index contributed by atoms with van der Waals surface area (Å²) in [5.41, 5.74) is 2.16. The number of para-hydroxylation sites is 1. The number of carbonyl (C=O) groups excluding carboxylic acids is 2. The number of amides is 2. The molecule has 3 rings (SSSR count). The Bertz CT molecular complexity index is 561. The van der Waals surface area contributed by atoms with E-state index in [9.17, 15) is 9.59 Å². The summed E-state index contributed by atoms with van der Waals surface area (Å²) in [5.74, 6) is -0.254. The molecule has 7 heteroatoms. The normalized spacial score (nSPS) is 20.2. The second-order valence-corrected chi connectivity index (χ2v) is 5.58. The molecule has 1 unspecified atom stereocenters. The molecule has 23 heavy (non-hydrogen) atoms. The molecule has 1 fully saturated rings. The number of halogens is 1. The Labute approximate surface area is 142 Å². The maximum absolute atomic E-state index is 12.4. The van der Waals surface area contributed by atoms with Crippen molar-refractivity contribution in [2.75, 3.05) is 37.7 Å². The van der Waals surface area contributed by atoms with Gasteiger partial charge in [0.05, 0.1) is 19.8 Å². The van der Waals surface area contributed by atoms with Crippen LogP contribution in [0, 0.1) is 0 Å². The van der Waals surface area contributed by atoms with Gasteiger partial charge in [-0.15, -0.1) is 12.4 Å². The third-order valence-electron chi connectivity index (χ3n) is 4.06. The highest BCUT2D eigenvalue weighted by molar-refractivity contribution is 5.98. The number of aryl methyl sites for hydroxylation is 1. The van der Waals surface area contributed by atoms with Gasteiger partial charge < -0.3 is 20.3 Å². The second kappa shape index (κ2) is 8.29. The van der Waals surface area contributed by atoms with Crippen molar-refractivity contribution >= 4 is 29.9 Å². The molecule has 2 amide bonds. The molecule has 0 saturated carbocycles. The van der Waals surface area contributed by atoms with Crippen molar-refractivity contribution in [3.05, 3.63) is 29.8 Å². The highest BCUT2D eigenvalue weighted by Gasteiger charge is 2.25. The summed E-state index contributed by atoms with van der Waals surface area (Å²) < 4.78 is 5.25. The number of hydrogen-bond acceptors (Lipinski definition) is 4. The van der Waals surface area contributed by atoms with Gasteiger partial charge in [0.15, 0.2) is 0 Å². The molecule has 6 nitrogen and oxygen atoms in total. The molecule has 0 bridgehead atoms. The number of anilines is 1. The lowest BCUT2D eigenvalue weighted by molar-refractivity contribution is -0.128. The first kappa shape index (κ1) is 17.7. The summed E-state index contributed by atoms with van der Waals surface area (Å²) in [6.45, 7) is 2.35. The van der Waals surface area contributed by atoms with Crippen LogP contribution in [-0.2, 0) is 20.7 Å². The van der Waals surface area contributed by atoms with Gasteiger partial charge in [0.25, 0.3) is 0 Å². The fraction of sp³-hybridized carbons (Fsp3) is 0.500. The third-order valence-corrected chi connectivity index (χ3v) is 4.06. The van der Waals surface area contributed by atoms with Gasteiger partial charge in [-0.2, -0.15) is 0 Å². The van der Waals surface area contributed by atoms with Gasteiger partial charge in [-0.3, -0.25) is 9.59 Å². The molecule has 0 spiro atoms. The molecule has 2 aliphatic heterocycles. The average molecular weight is 340 g/mol. The van der Waals surface area contributed by atoms with E-state index in [0.29, 0.717) is 26.3 Å². The SMILES string of the molecule is Cl.O=C(NCC(=O)N1CCCc2ccccc21)C1COCCN1. The Kier molecular flexibility index (Phi) is 6.38. The number of fused-ring (bicyclic) bond motifs is 1. The van der Waals surface area contributed by atoms with Crippen molar-refractivity contribution in [1.29, 1.82) is 0 Å². The van der Waals surface area contributed by atoms with Crippen molar-refractivity contribution in [1.82, 2.24) is 10.6 Å².